The number of hydrogen-bond acceptors (Lipinski definition) is 2. The number of aromatic nitrogens is 1. The molecule has 1 aromatic heterocycles. The zero-order valence-corrected chi connectivity index (χ0v) is 24.7. The summed E-state index contributed by atoms with van der Waals surface area (Å²) >= 11 is 0. The summed E-state index contributed by atoms with van der Waals surface area (Å²) in [4.78, 5) is 8.39. The molecule has 214 valence electrons. The van der Waals surface area contributed by atoms with Crippen LogP contribution in [0.2, 0.25) is 0 Å². The quantitative estimate of drug-likeness (QED) is 0.204. The Morgan fingerprint density at radius 3 is 1.27 bits per heavy atom. The lowest BCUT2D eigenvalue weighted by Crippen LogP contribution is -2.10. The van der Waals surface area contributed by atoms with Crippen LogP contribution in [0.5, 0.6) is 0 Å². The van der Waals surface area contributed by atoms with Crippen LogP contribution in [-0.4, -0.2) is 4.98 Å². The molecule has 0 bridgehead atoms. The number of hydrogen-bond donors (Lipinski definition) is 1. The van der Waals surface area contributed by atoms with E-state index in [1.165, 1.54) is 10.8 Å². The van der Waals surface area contributed by atoms with E-state index in [9.17, 15) is 0 Å². The molecule has 8 rings (SSSR count). The van der Waals surface area contributed by atoms with Crippen molar-refractivity contribution in [1.82, 2.24) is 4.98 Å². The maximum atomic E-state index is 3.75. The van der Waals surface area contributed by atoms with E-state index in [4.69, 9.17) is 0 Å². The number of fused-ring (bicyclic) bond motifs is 3. The number of aromatic amines is 1. The second-order valence-corrected chi connectivity index (χ2v) is 11.1. The van der Waals surface area contributed by atoms with E-state index < -0.39 is 0 Å². The molecule has 0 spiro atoms. The monoisotopic (exact) mass is 577 g/mol. The van der Waals surface area contributed by atoms with Gasteiger partial charge in [-0.25, -0.2) is 0 Å². The van der Waals surface area contributed by atoms with Gasteiger partial charge in [0.1, 0.15) is 0 Å². The van der Waals surface area contributed by atoms with Crippen molar-refractivity contribution in [3.8, 4) is 11.1 Å². The predicted molar refractivity (Wildman–Crippen MR) is 191 cm³/mol. The Kier molecular flexibility index (Phi) is 6.82. The average molecular weight is 578 g/mol. The van der Waals surface area contributed by atoms with E-state index in [-0.39, 0.29) is 0 Å². The van der Waals surface area contributed by atoms with Gasteiger partial charge in [0.05, 0.1) is 5.52 Å². The third-order valence-electron chi connectivity index (χ3n) is 8.35. The Morgan fingerprint density at radius 2 is 0.756 bits per heavy atom. The first-order chi connectivity index (χ1) is 22.3. The van der Waals surface area contributed by atoms with Crippen molar-refractivity contribution >= 4 is 55.9 Å². The van der Waals surface area contributed by atoms with Gasteiger partial charge in [0, 0.05) is 56.0 Å². The van der Waals surface area contributed by atoms with Crippen LogP contribution < -0.4 is 9.80 Å². The summed E-state index contributed by atoms with van der Waals surface area (Å²) in [6.07, 6.45) is 0. The van der Waals surface area contributed by atoms with Crippen LogP contribution in [0.3, 0.4) is 0 Å². The van der Waals surface area contributed by atoms with Crippen molar-refractivity contribution < 1.29 is 0 Å². The number of H-pyrrole nitrogens is 1. The van der Waals surface area contributed by atoms with Crippen LogP contribution in [0.25, 0.3) is 32.9 Å². The first kappa shape index (κ1) is 26.6. The molecule has 45 heavy (non-hydrogen) atoms. The molecule has 8 aromatic rings. The lowest BCUT2D eigenvalue weighted by molar-refractivity contribution is 1.28. The molecule has 0 amide bonds. The standard InChI is InChI=1S/C42H31N3/c1-5-15-32(16-6-1)44(33-17-7-2-8-18-33)36-27-25-31(26-28-36)39-29-37(30-40-38-23-13-14-24-41(38)43-42(39)40)45(34-19-9-3-10-20-34)35-21-11-4-12-22-35/h1-30,43H. The number of benzene rings is 7. The fourth-order valence-corrected chi connectivity index (χ4v) is 6.29. The molecule has 0 fully saturated rings. The predicted octanol–water partition coefficient (Wildman–Crippen LogP) is 11.9. The maximum absolute atomic E-state index is 3.75. The number of nitrogens with one attached hydrogen (secondary N) is 1. The zero-order chi connectivity index (χ0) is 30.0. The molecule has 7 aromatic carbocycles. The molecule has 0 unspecified atom stereocenters. The Balaban J connectivity index is 1.31. The summed E-state index contributed by atoms with van der Waals surface area (Å²) in [5, 5.41) is 2.42. The van der Waals surface area contributed by atoms with Crippen molar-refractivity contribution in [2.24, 2.45) is 0 Å². The van der Waals surface area contributed by atoms with Gasteiger partial charge in [0.25, 0.3) is 0 Å². The smallest absolute Gasteiger partial charge is 0.0546 e. The van der Waals surface area contributed by atoms with Gasteiger partial charge < -0.3 is 14.8 Å². The fraction of sp³-hybridized carbons (Fsp3) is 0. The van der Waals surface area contributed by atoms with E-state index in [2.05, 4.69) is 197 Å². The van der Waals surface area contributed by atoms with E-state index >= 15 is 0 Å². The highest BCUT2D eigenvalue weighted by atomic mass is 15.1. The number of anilines is 6. The SMILES string of the molecule is c1ccc(N(c2ccccc2)c2ccc(-c3cc(N(c4ccccc4)c4ccccc4)cc4c3[nH]c3ccccc34)cc2)cc1. The summed E-state index contributed by atoms with van der Waals surface area (Å²) in [6, 6.07) is 64.4. The van der Waals surface area contributed by atoms with Crippen molar-refractivity contribution in [1.29, 1.82) is 0 Å². The Bertz CT molecular complexity index is 2110. The number of nitrogens with zero attached hydrogens (tertiary/aromatic N) is 2. The molecule has 0 saturated heterocycles. The van der Waals surface area contributed by atoms with Gasteiger partial charge in [-0.15, -0.1) is 0 Å². The Labute approximate surface area is 263 Å². The molecule has 0 aliphatic carbocycles. The second kappa shape index (κ2) is 11.6. The Hall–Kier alpha value is -6.06. The molecule has 0 radical (unpaired) electrons. The van der Waals surface area contributed by atoms with Crippen LogP contribution in [0.4, 0.5) is 34.1 Å². The van der Waals surface area contributed by atoms with Crippen LogP contribution >= 0.6 is 0 Å². The van der Waals surface area contributed by atoms with Gasteiger partial charge in [-0.2, -0.15) is 0 Å². The molecule has 0 aliphatic heterocycles. The second-order valence-electron chi connectivity index (χ2n) is 11.1. The first-order valence-electron chi connectivity index (χ1n) is 15.3. The third-order valence-corrected chi connectivity index (χ3v) is 8.35. The zero-order valence-electron chi connectivity index (χ0n) is 24.7. The topological polar surface area (TPSA) is 22.3 Å². The molecule has 0 atom stereocenters. The van der Waals surface area contributed by atoms with Crippen molar-refractivity contribution in [3.63, 3.8) is 0 Å². The lowest BCUT2D eigenvalue weighted by atomic mass is 9.99. The molecule has 0 aliphatic rings. The average Bonchev–Trinajstić information content (AvgIpc) is 3.49. The number of para-hydroxylation sites is 5. The molecule has 1 N–H and O–H groups in total. The molecule has 0 saturated carbocycles. The molecule has 3 nitrogen and oxygen atoms in total. The van der Waals surface area contributed by atoms with E-state index in [1.54, 1.807) is 0 Å². The van der Waals surface area contributed by atoms with Gasteiger partial charge in [-0.05, 0) is 84.4 Å². The molecular formula is C42H31N3. The maximum Gasteiger partial charge on any atom is 0.0546 e. The highest BCUT2D eigenvalue weighted by Crippen LogP contribution is 2.43. The minimum Gasteiger partial charge on any atom is -0.354 e. The van der Waals surface area contributed by atoms with Crippen LogP contribution in [0, 0.1) is 0 Å². The summed E-state index contributed by atoms with van der Waals surface area (Å²) in [6.45, 7) is 0. The largest absolute Gasteiger partial charge is 0.354 e. The van der Waals surface area contributed by atoms with Crippen LogP contribution in [0.15, 0.2) is 182 Å². The van der Waals surface area contributed by atoms with Crippen LogP contribution in [-0.2, 0) is 0 Å². The third kappa shape index (κ3) is 5.01. The van der Waals surface area contributed by atoms with Gasteiger partial charge in [0.2, 0.25) is 0 Å². The van der Waals surface area contributed by atoms with Crippen molar-refractivity contribution in [3.05, 3.63) is 182 Å². The molecular weight excluding hydrogens is 546 g/mol. The minimum absolute atomic E-state index is 1.11. The normalized spacial score (nSPS) is 11.1. The molecule has 1 heterocycles. The van der Waals surface area contributed by atoms with E-state index in [0.717, 1.165) is 56.3 Å². The van der Waals surface area contributed by atoms with Gasteiger partial charge in [-0.1, -0.05) is 103 Å². The van der Waals surface area contributed by atoms with Crippen molar-refractivity contribution in [2.45, 2.75) is 0 Å². The highest BCUT2D eigenvalue weighted by Gasteiger charge is 2.19. The summed E-state index contributed by atoms with van der Waals surface area (Å²) in [5.74, 6) is 0. The number of rotatable bonds is 7. The van der Waals surface area contributed by atoms with E-state index in [0.29, 0.717) is 0 Å². The molecule has 3 heteroatoms. The summed E-state index contributed by atoms with van der Waals surface area (Å²) in [7, 11) is 0. The van der Waals surface area contributed by atoms with Gasteiger partial charge in [0.15, 0.2) is 0 Å². The fourth-order valence-electron chi connectivity index (χ4n) is 6.29. The summed E-state index contributed by atoms with van der Waals surface area (Å²) in [5.41, 5.74) is 11.3. The van der Waals surface area contributed by atoms with Crippen molar-refractivity contribution in [2.75, 3.05) is 9.80 Å². The lowest BCUT2D eigenvalue weighted by Gasteiger charge is -2.27. The Morgan fingerprint density at radius 1 is 0.333 bits per heavy atom. The van der Waals surface area contributed by atoms with Gasteiger partial charge >= 0.3 is 0 Å². The minimum atomic E-state index is 1.11. The first-order valence-corrected chi connectivity index (χ1v) is 15.3. The van der Waals surface area contributed by atoms with Gasteiger partial charge in [-0.3, -0.25) is 0 Å². The van der Waals surface area contributed by atoms with Crippen LogP contribution in [0.1, 0.15) is 0 Å². The van der Waals surface area contributed by atoms with E-state index in [1.807, 2.05) is 0 Å². The highest BCUT2D eigenvalue weighted by molar-refractivity contribution is 6.13. The summed E-state index contributed by atoms with van der Waals surface area (Å²) < 4.78 is 0.